The predicted octanol–water partition coefficient (Wildman–Crippen LogP) is 10.5. The Kier molecular flexibility index (Phi) is 5.42. The topological polar surface area (TPSA) is 8.17 Å². The van der Waals surface area contributed by atoms with Crippen LogP contribution in [0.5, 0.6) is 0 Å². The second-order valence-electron chi connectivity index (χ2n) is 11.9. The third-order valence-corrected chi connectivity index (χ3v) is 9.21. The van der Waals surface area contributed by atoms with Crippen molar-refractivity contribution < 1.29 is 0 Å². The number of fused-ring (bicyclic) bond motifs is 6. The number of rotatable bonds is 4. The zero-order valence-electron chi connectivity index (χ0n) is 24.2. The van der Waals surface area contributed by atoms with E-state index in [-0.39, 0.29) is 5.41 Å². The number of nitrogens with zero attached hydrogens (tertiary/aromatic N) is 2. The lowest BCUT2D eigenvalue weighted by atomic mass is 9.81. The molecule has 1 aliphatic carbocycles. The highest BCUT2D eigenvalue weighted by molar-refractivity contribution is 6.11. The molecule has 0 saturated carbocycles. The van der Waals surface area contributed by atoms with Gasteiger partial charge in [-0.3, -0.25) is 0 Å². The van der Waals surface area contributed by atoms with E-state index in [9.17, 15) is 0 Å². The molecule has 202 valence electrons. The first-order chi connectivity index (χ1) is 20.5. The summed E-state index contributed by atoms with van der Waals surface area (Å²) >= 11 is 0. The highest BCUT2D eigenvalue weighted by Crippen LogP contribution is 2.49. The molecule has 1 heterocycles. The van der Waals surface area contributed by atoms with Crippen LogP contribution in [0.25, 0.3) is 49.7 Å². The number of anilines is 2. The van der Waals surface area contributed by atoms with E-state index < -0.39 is 0 Å². The molecule has 0 aliphatic heterocycles. The van der Waals surface area contributed by atoms with E-state index in [2.05, 4.69) is 170 Å². The van der Waals surface area contributed by atoms with Gasteiger partial charge in [-0.15, -0.1) is 0 Å². The molecule has 8 rings (SSSR count). The molecule has 2 nitrogen and oxygen atoms in total. The Hall–Kier alpha value is -5.08. The Morgan fingerprint density at radius 2 is 1.10 bits per heavy atom. The lowest BCUT2D eigenvalue weighted by Gasteiger charge is -2.22. The fourth-order valence-corrected chi connectivity index (χ4v) is 6.94. The highest BCUT2D eigenvalue weighted by Gasteiger charge is 2.35. The molecule has 2 heteroatoms. The normalized spacial score (nSPS) is 13.3. The minimum Gasteiger partial charge on any atom is -0.345 e. The molecular weight excluding hydrogens is 508 g/mol. The maximum absolute atomic E-state index is 2.42. The van der Waals surface area contributed by atoms with Crippen molar-refractivity contribution in [2.75, 3.05) is 11.9 Å². The van der Waals surface area contributed by atoms with Gasteiger partial charge in [0, 0.05) is 40.3 Å². The van der Waals surface area contributed by atoms with Crippen LogP contribution in [0.2, 0.25) is 0 Å². The third kappa shape index (κ3) is 3.65. The van der Waals surface area contributed by atoms with E-state index >= 15 is 0 Å². The molecule has 0 fully saturated rings. The molecular formula is C40H32N2. The van der Waals surface area contributed by atoms with E-state index in [1.807, 2.05) is 0 Å². The Morgan fingerprint density at radius 3 is 1.88 bits per heavy atom. The van der Waals surface area contributed by atoms with Crippen LogP contribution in [-0.4, -0.2) is 11.6 Å². The van der Waals surface area contributed by atoms with Gasteiger partial charge in [-0.05, 0) is 94.0 Å². The maximum atomic E-state index is 2.42. The molecule has 0 bridgehead atoms. The van der Waals surface area contributed by atoms with Crippen LogP contribution >= 0.6 is 0 Å². The van der Waals surface area contributed by atoms with Gasteiger partial charge < -0.3 is 9.47 Å². The Balaban J connectivity index is 1.32. The van der Waals surface area contributed by atoms with Crippen molar-refractivity contribution in [3.8, 4) is 27.9 Å². The van der Waals surface area contributed by atoms with Crippen molar-refractivity contribution >= 4 is 33.2 Å². The number of hydrogen-bond acceptors (Lipinski definition) is 1. The van der Waals surface area contributed by atoms with Crippen molar-refractivity contribution in [2.45, 2.75) is 19.3 Å². The van der Waals surface area contributed by atoms with Gasteiger partial charge in [0.05, 0.1) is 11.0 Å². The quantitative estimate of drug-likeness (QED) is 0.216. The van der Waals surface area contributed by atoms with Crippen LogP contribution in [0.15, 0.2) is 140 Å². The van der Waals surface area contributed by atoms with Crippen molar-refractivity contribution in [1.29, 1.82) is 0 Å². The van der Waals surface area contributed by atoms with Gasteiger partial charge in [0.1, 0.15) is 0 Å². The van der Waals surface area contributed by atoms with Crippen molar-refractivity contribution in [1.82, 2.24) is 4.57 Å². The van der Waals surface area contributed by atoms with E-state index in [0.717, 1.165) is 0 Å². The largest absolute Gasteiger partial charge is 0.345 e. The second-order valence-corrected chi connectivity index (χ2v) is 11.9. The lowest BCUT2D eigenvalue weighted by Crippen LogP contribution is -2.14. The van der Waals surface area contributed by atoms with Crippen LogP contribution in [0.3, 0.4) is 0 Å². The summed E-state index contributed by atoms with van der Waals surface area (Å²) in [4.78, 5) is 2.26. The Labute approximate surface area is 247 Å². The third-order valence-electron chi connectivity index (χ3n) is 9.21. The fourth-order valence-electron chi connectivity index (χ4n) is 6.94. The minimum atomic E-state index is -0.0215. The number of benzene rings is 6. The van der Waals surface area contributed by atoms with Gasteiger partial charge in [0.25, 0.3) is 0 Å². The van der Waals surface area contributed by atoms with Gasteiger partial charge in [0.15, 0.2) is 0 Å². The van der Waals surface area contributed by atoms with Crippen molar-refractivity contribution in [3.05, 3.63) is 151 Å². The average molecular weight is 541 g/mol. The van der Waals surface area contributed by atoms with Gasteiger partial charge in [-0.2, -0.15) is 0 Å². The molecule has 0 saturated heterocycles. The number of para-hydroxylation sites is 2. The zero-order valence-corrected chi connectivity index (χ0v) is 24.2. The van der Waals surface area contributed by atoms with E-state index in [4.69, 9.17) is 0 Å². The summed E-state index contributed by atoms with van der Waals surface area (Å²) in [5.41, 5.74) is 14.0. The van der Waals surface area contributed by atoms with E-state index in [1.54, 1.807) is 0 Å². The summed E-state index contributed by atoms with van der Waals surface area (Å²) in [5, 5.41) is 2.52. The number of hydrogen-bond donors (Lipinski definition) is 0. The molecule has 0 radical (unpaired) electrons. The molecule has 1 aromatic heterocycles. The van der Waals surface area contributed by atoms with Crippen LogP contribution in [0.4, 0.5) is 11.4 Å². The average Bonchev–Trinajstić information content (AvgIpc) is 3.49. The molecule has 0 unspecified atom stereocenters. The second kappa shape index (κ2) is 9.22. The lowest BCUT2D eigenvalue weighted by molar-refractivity contribution is 0.660. The summed E-state index contributed by atoms with van der Waals surface area (Å²) in [7, 11) is 2.14. The molecule has 7 aromatic rings. The monoisotopic (exact) mass is 540 g/mol. The zero-order chi connectivity index (χ0) is 28.4. The maximum Gasteiger partial charge on any atom is 0.0542 e. The van der Waals surface area contributed by atoms with Gasteiger partial charge in [-0.25, -0.2) is 0 Å². The van der Waals surface area contributed by atoms with Crippen molar-refractivity contribution in [3.63, 3.8) is 0 Å². The van der Waals surface area contributed by atoms with Gasteiger partial charge >= 0.3 is 0 Å². The highest BCUT2D eigenvalue weighted by atomic mass is 15.1. The van der Waals surface area contributed by atoms with E-state index in [1.165, 1.54) is 72.2 Å². The first kappa shape index (κ1) is 24.7. The smallest absolute Gasteiger partial charge is 0.0542 e. The molecule has 6 aromatic carbocycles. The van der Waals surface area contributed by atoms with Crippen LogP contribution in [0, 0.1) is 0 Å². The van der Waals surface area contributed by atoms with E-state index in [0.29, 0.717) is 0 Å². The van der Waals surface area contributed by atoms with Gasteiger partial charge in [-0.1, -0.05) is 92.7 Å². The molecule has 42 heavy (non-hydrogen) atoms. The molecule has 0 atom stereocenters. The summed E-state index contributed by atoms with van der Waals surface area (Å²) in [5.74, 6) is 0. The summed E-state index contributed by atoms with van der Waals surface area (Å²) < 4.78 is 2.39. The molecule has 1 aliphatic rings. The molecule has 0 amide bonds. The first-order valence-electron chi connectivity index (χ1n) is 14.7. The van der Waals surface area contributed by atoms with Crippen LogP contribution in [0.1, 0.15) is 25.0 Å². The van der Waals surface area contributed by atoms with Crippen LogP contribution in [-0.2, 0) is 5.41 Å². The first-order valence-corrected chi connectivity index (χ1v) is 14.7. The van der Waals surface area contributed by atoms with Crippen LogP contribution < -0.4 is 4.90 Å². The summed E-state index contributed by atoms with van der Waals surface area (Å²) in [6.07, 6.45) is 0. The number of aromatic nitrogens is 1. The predicted molar refractivity (Wildman–Crippen MR) is 178 cm³/mol. The summed E-state index contributed by atoms with van der Waals surface area (Å²) in [6.45, 7) is 4.70. The molecule has 0 spiro atoms. The SMILES string of the molecule is CN(c1ccccc1)c1ccc2c(c1)c1cc(-c3ccc4c(c3)C(C)(C)c3ccccc3-4)ccc1n2-c1ccccc1. The Morgan fingerprint density at radius 1 is 0.500 bits per heavy atom. The van der Waals surface area contributed by atoms with Crippen molar-refractivity contribution in [2.24, 2.45) is 0 Å². The summed E-state index contributed by atoms with van der Waals surface area (Å²) in [6, 6.07) is 51.0. The fraction of sp³-hybridized carbons (Fsp3) is 0.100. The Bertz CT molecular complexity index is 2120. The minimum absolute atomic E-state index is 0.0215. The standard InChI is InChI=1S/C40H32N2/c1-40(2)36-17-11-10-16-32(36)33-21-18-28(25-37(33)40)27-19-22-38-34(24-27)35-26-31(41(3)29-12-6-4-7-13-29)20-23-39(35)42(38)30-14-8-5-9-15-30/h4-26H,1-3H3. The molecule has 0 N–H and O–H groups in total. The van der Waals surface area contributed by atoms with Gasteiger partial charge in [0.2, 0.25) is 0 Å².